The number of hydrogen-bond donors (Lipinski definition) is 2. The smallest absolute Gasteiger partial charge is 0.237 e. The van der Waals surface area contributed by atoms with Crippen molar-refractivity contribution in [2.45, 2.75) is 70.9 Å². The molecule has 1 saturated carbocycles. The van der Waals surface area contributed by atoms with Crippen molar-refractivity contribution in [1.82, 2.24) is 10.6 Å². The summed E-state index contributed by atoms with van der Waals surface area (Å²) in [5.41, 5.74) is 0.399. The first-order chi connectivity index (χ1) is 8.07. The normalized spacial score (nSPS) is 33.1. The van der Waals surface area contributed by atoms with Crippen LogP contribution in [0, 0.1) is 5.41 Å². The van der Waals surface area contributed by atoms with Gasteiger partial charge in [-0.1, -0.05) is 26.7 Å². The summed E-state index contributed by atoms with van der Waals surface area (Å²) in [6, 6.07) is 0.462. The van der Waals surface area contributed by atoms with Crippen LogP contribution in [0.25, 0.3) is 0 Å². The summed E-state index contributed by atoms with van der Waals surface area (Å²) in [5.74, 6) is 0.229. The van der Waals surface area contributed by atoms with Gasteiger partial charge in [-0.2, -0.15) is 0 Å². The van der Waals surface area contributed by atoms with Crippen LogP contribution in [0.4, 0.5) is 0 Å². The zero-order valence-corrected chi connectivity index (χ0v) is 11.2. The van der Waals surface area contributed by atoms with Gasteiger partial charge >= 0.3 is 0 Å². The lowest BCUT2D eigenvalue weighted by molar-refractivity contribution is -0.124. The highest BCUT2D eigenvalue weighted by atomic mass is 16.2. The predicted molar refractivity (Wildman–Crippen MR) is 69.8 cm³/mol. The van der Waals surface area contributed by atoms with Gasteiger partial charge in [0.2, 0.25) is 5.91 Å². The van der Waals surface area contributed by atoms with Gasteiger partial charge < -0.3 is 10.6 Å². The van der Waals surface area contributed by atoms with Crippen LogP contribution in [0.5, 0.6) is 0 Å². The van der Waals surface area contributed by atoms with Crippen molar-refractivity contribution >= 4 is 5.91 Å². The molecular weight excluding hydrogens is 212 g/mol. The minimum Gasteiger partial charge on any atom is -0.352 e. The molecule has 2 rings (SSSR count). The lowest BCUT2D eigenvalue weighted by Gasteiger charge is -2.36. The third-order valence-corrected chi connectivity index (χ3v) is 4.18. The van der Waals surface area contributed by atoms with E-state index in [1.807, 2.05) is 0 Å². The van der Waals surface area contributed by atoms with Gasteiger partial charge in [-0.25, -0.2) is 0 Å². The third-order valence-electron chi connectivity index (χ3n) is 4.18. The lowest BCUT2D eigenvalue weighted by atomic mass is 9.75. The van der Waals surface area contributed by atoms with Gasteiger partial charge in [0.1, 0.15) is 0 Å². The zero-order valence-electron chi connectivity index (χ0n) is 11.2. The van der Waals surface area contributed by atoms with E-state index in [9.17, 15) is 4.79 Å². The van der Waals surface area contributed by atoms with Crippen LogP contribution < -0.4 is 10.6 Å². The first-order valence-corrected chi connectivity index (χ1v) is 7.11. The molecule has 1 aliphatic heterocycles. The number of hydrogen-bond acceptors (Lipinski definition) is 2. The van der Waals surface area contributed by atoms with Crippen molar-refractivity contribution in [3.63, 3.8) is 0 Å². The van der Waals surface area contributed by atoms with E-state index in [4.69, 9.17) is 0 Å². The van der Waals surface area contributed by atoms with E-state index in [-0.39, 0.29) is 11.9 Å². The van der Waals surface area contributed by atoms with Crippen LogP contribution in [-0.2, 0) is 4.79 Å². The third kappa shape index (κ3) is 3.70. The average Bonchev–Trinajstić information content (AvgIpc) is 2.29. The van der Waals surface area contributed by atoms with Gasteiger partial charge in [0, 0.05) is 6.04 Å². The van der Waals surface area contributed by atoms with E-state index in [2.05, 4.69) is 24.5 Å². The highest BCUT2D eigenvalue weighted by Crippen LogP contribution is 2.35. The Morgan fingerprint density at radius 1 is 1.24 bits per heavy atom. The Hall–Kier alpha value is -0.570. The SMILES string of the molecule is CC1(C)CCCC(NC(=O)C2CCCCN2)C1. The summed E-state index contributed by atoms with van der Waals surface area (Å²) < 4.78 is 0. The molecular formula is C14H26N2O. The van der Waals surface area contributed by atoms with E-state index in [0.29, 0.717) is 11.5 Å². The Bertz CT molecular complexity index is 269. The van der Waals surface area contributed by atoms with Crippen molar-refractivity contribution < 1.29 is 4.79 Å². The van der Waals surface area contributed by atoms with Gasteiger partial charge in [0.05, 0.1) is 6.04 Å². The average molecular weight is 238 g/mol. The summed E-state index contributed by atoms with van der Waals surface area (Å²) in [7, 11) is 0. The Balaban J connectivity index is 1.81. The molecule has 3 nitrogen and oxygen atoms in total. The molecule has 0 spiro atoms. The fourth-order valence-electron chi connectivity index (χ4n) is 3.20. The molecule has 0 aromatic carbocycles. The van der Waals surface area contributed by atoms with Gasteiger partial charge in [-0.3, -0.25) is 4.79 Å². The standard InChI is InChI=1S/C14H26N2O/c1-14(2)8-5-6-11(10-14)16-13(17)12-7-3-4-9-15-12/h11-12,15H,3-10H2,1-2H3,(H,16,17). The van der Waals surface area contributed by atoms with Crippen LogP contribution in [0.3, 0.4) is 0 Å². The second-order valence-corrected chi connectivity index (χ2v) is 6.47. The number of carbonyl (C=O) groups is 1. The number of amides is 1. The molecule has 0 radical (unpaired) electrons. The van der Waals surface area contributed by atoms with E-state index >= 15 is 0 Å². The number of rotatable bonds is 2. The zero-order chi connectivity index (χ0) is 12.3. The first kappa shape index (κ1) is 12.9. The largest absolute Gasteiger partial charge is 0.352 e. The molecule has 0 bridgehead atoms. The van der Waals surface area contributed by atoms with Crippen molar-refractivity contribution in [2.75, 3.05) is 6.54 Å². The topological polar surface area (TPSA) is 41.1 Å². The highest BCUT2D eigenvalue weighted by Gasteiger charge is 2.30. The highest BCUT2D eigenvalue weighted by molar-refractivity contribution is 5.82. The molecule has 0 aromatic heterocycles. The van der Waals surface area contributed by atoms with Crippen molar-refractivity contribution in [1.29, 1.82) is 0 Å². The fourth-order valence-corrected chi connectivity index (χ4v) is 3.20. The molecule has 17 heavy (non-hydrogen) atoms. The minimum absolute atomic E-state index is 0.0637. The van der Waals surface area contributed by atoms with Gasteiger partial charge in [-0.05, 0) is 44.1 Å². The molecule has 1 heterocycles. The van der Waals surface area contributed by atoms with Crippen molar-refractivity contribution in [2.24, 2.45) is 5.41 Å². The van der Waals surface area contributed by atoms with E-state index in [0.717, 1.165) is 25.8 Å². The van der Waals surface area contributed by atoms with E-state index < -0.39 is 0 Å². The molecule has 2 aliphatic rings. The molecule has 2 fully saturated rings. The second kappa shape index (κ2) is 5.38. The van der Waals surface area contributed by atoms with Crippen LogP contribution in [0.1, 0.15) is 58.8 Å². The molecule has 1 aliphatic carbocycles. The van der Waals surface area contributed by atoms with Gasteiger partial charge in [0.15, 0.2) is 0 Å². The fraction of sp³-hybridized carbons (Fsp3) is 0.929. The predicted octanol–water partition coefficient (Wildman–Crippen LogP) is 2.21. The molecule has 3 heteroatoms. The second-order valence-electron chi connectivity index (χ2n) is 6.47. The summed E-state index contributed by atoms with van der Waals surface area (Å²) in [6.45, 7) is 5.61. The van der Waals surface area contributed by atoms with E-state index in [1.165, 1.54) is 25.7 Å². The maximum absolute atomic E-state index is 12.1. The minimum atomic E-state index is 0.0637. The van der Waals surface area contributed by atoms with Crippen LogP contribution in [0.2, 0.25) is 0 Å². The van der Waals surface area contributed by atoms with Crippen LogP contribution in [0.15, 0.2) is 0 Å². The molecule has 2 N–H and O–H groups in total. The van der Waals surface area contributed by atoms with Gasteiger partial charge in [-0.15, -0.1) is 0 Å². The summed E-state index contributed by atoms with van der Waals surface area (Å²) in [4.78, 5) is 12.1. The molecule has 1 amide bonds. The summed E-state index contributed by atoms with van der Waals surface area (Å²) >= 11 is 0. The van der Waals surface area contributed by atoms with Crippen molar-refractivity contribution in [3.05, 3.63) is 0 Å². The van der Waals surface area contributed by atoms with Gasteiger partial charge in [0.25, 0.3) is 0 Å². The molecule has 0 aromatic rings. The Kier molecular flexibility index (Phi) is 4.08. The number of carbonyl (C=O) groups excluding carboxylic acids is 1. The Morgan fingerprint density at radius 2 is 2.06 bits per heavy atom. The maximum Gasteiger partial charge on any atom is 0.237 e. The molecule has 1 saturated heterocycles. The van der Waals surface area contributed by atoms with Crippen molar-refractivity contribution in [3.8, 4) is 0 Å². The number of nitrogens with one attached hydrogen (secondary N) is 2. The molecule has 2 atom stereocenters. The van der Waals surface area contributed by atoms with Crippen LogP contribution in [-0.4, -0.2) is 24.5 Å². The van der Waals surface area contributed by atoms with E-state index in [1.54, 1.807) is 0 Å². The maximum atomic E-state index is 12.1. The molecule has 98 valence electrons. The Labute approximate surface area is 105 Å². The Morgan fingerprint density at radius 3 is 2.71 bits per heavy atom. The summed E-state index contributed by atoms with van der Waals surface area (Å²) in [6.07, 6.45) is 8.22. The summed E-state index contributed by atoms with van der Waals surface area (Å²) in [5, 5.41) is 6.56. The molecule has 2 unspecified atom stereocenters. The van der Waals surface area contributed by atoms with Crippen LogP contribution >= 0.6 is 0 Å². The number of piperidine rings is 1. The lowest BCUT2D eigenvalue weighted by Crippen LogP contribution is -2.51. The monoisotopic (exact) mass is 238 g/mol. The quantitative estimate of drug-likeness (QED) is 0.774. The first-order valence-electron chi connectivity index (χ1n) is 7.11.